The zero-order valence-electron chi connectivity index (χ0n) is 11.5. The molecule has 0 saturated carbocycles. The van der Waals surface area contributed by atoms with Gasteiger partial charge in [0, 0.05) is 0 Å². The summed E-state index contributed by atoms with van der Waals surface area (Å²) in [6.07, 6.45) is 4.16. The van der Waals surface area contributed by atoms with E-state index in [1.807, 2.05) is 0 Å². The fourth-order valence-corrected chi connectivity index (χ4v) is 8.64. The standard InChI is InChI=1S/C18H10N2Se2/c1-3-7-13-11(5-1)17-15(9-19-13)21-16-10-20-14-8-4-2-6-12(14)18(16)22-17/h1-10H. The monoisotopic (exact) mass is 414 g/mol. The molecule has 2 aromatic heterocycles. The van der Waals surface area contributed by atoms with Crippen LogP contribution in [0.15, 0.2) is 60.9 Å². The molecule has 5 rings (SSSR count). The first-order valence-corrected chi connectivity index (χ1v) is 10.4. The summed E-state index contributed by atoms with van der Waals surface area (Å²) in [5.74, 6) is 0. The predicted octanol–water partition coefficient (Wildman–Crippen LogP) is 0.406. The zero-order chi connectivity index (χ0) is 14.5. The first-order valence-electron chi connectivity index (χ1n) is 7.01. The third-order valence-electron chi connectivity index (χ3n) is 3.81. The van der Waals surface area contributed by atoms with E-state index in [0.29, 0.717) is 29.9 Å². The maximum absolute atomic E-state index is 4.63. The average molecular weight is 412 g/mol. The molecular formula is C18H10N2Se2. The van der Waals surface area contributed by atoms with Crippen molar-refractivity contribution in [3.63, 3.8) is 0 Å². The molecule has 1 aliphatic heterocycles. The third-order valence-corrected chi connectivity index (χ3v) is 10.0. The second-order valence-electron chi connectivity index (χ2n) is 5.14. The summed E-state index contributed by atoms with van der Waals surface area (Å²) in [4.78, 5) is 9.27. The van der Waals surface area contributed by atoms with Crippen molar-refractivity contribution in [2.45, 2.75) is 0 Å². The summed E-state index contributed by atoms with van der Waals surface area (Å²) in [5.41, 5.74) is 2.22. The Morgan fingerprint density at radius 1 is 0.591 bits per heavy atom. The van der Waals surface area contributed by atoms with E-state index in [4.69, 9.17) is 0 Å². The molecule has 0 unspecified atom stereocenters. The fourth-order valence-electron chi connectivity index (χ4n) is 2.77. The van der Waals surface area contributed by atoms with E-state index in [0.717, 1.165) is 11.0 Å². The van der Waals surface area contributed by atoms with Gasteiger partial charge in [-0.05, 0) is 0 Å². The van der Waals surface area contributed by atoms with Crippen molar-refractivity contribution in [3.8, 4) is 0 Å². The Kier molecular flexibility index (Phi) is 2.85. The van der Waals surface area contributed by atoms with Gasteiger partial charge >= 0.3 is 140 Å². The second kappa shape index (κ2) is 4.90. The van der Waals surface area contributed by atoms with Gasteiger partial charge in [-0.3, -0.25) is 0 Å². The normalized spacial score (nSPS) is 13.1. The Labute approximate surface area is 140 Å². The van der Waals surface area contributed by atoms with Crippen molar-refractivity contribution < 1.29 is 0 Å². The SMILES string of the molecule is c1ccc2c3c(cnc2c1)[Se]c1cnc2ccccc2c1[Se]3. The molecule has 0 bridgehead atoms. The number of rotatable bonds is 0. The summed E-state index contributed by atoms with van der Waals surface area (Å²) >= 11 is 0.620. The molecule has 3 heterocycles. The van der Waals surface area contributed by atoms with Crippen LogP contribution >= 0.6 is 0 Å². The van der Waals surface area contributed by atoms with Crippen molar-refractivity contribution in [1.82, 2.24) is 9.97 Å². The molecule has 4 aromatic rings. The topological polar surface area (TPSA) is 25.8 Å². The maximum atomic E-state index is 4.63. The molecule has 22 heavy (non-hydrogen) atoms. The van der Waals surface area contributed by atoms with Crippen molar-refractivity contribution >= 4 is 69.6 Å². The molecule has 0 saturated heterocycles. The number of pyridine rings is 2. The molecule has 1 aliphatic rings. The van der Waals surface area contributed by atoms with E-state index in [9.17, 15) is 0 Å². The van der Waals surface area contributed by atoms with Gasteiger partial charge in [0.25, 0.3) is 0 Å². The Bertz CT molecular complexity index is 960. The zero-order valence-corrected chi connectivity index (χ0v) is 14.9. The van der Waals surface area contributed by atoms with Crippen LogP contribution in [0, 0.1) is 0 Å². The first-order chi connectivity index (χ1) is 10.9. The van der Waals surface area contributed by atoms with E-state index in [1.54, 1.807) is 0 Å². The molecule has 4 heteroatoms. The number of aromatic nitrogens is 2. The molecule has 2 aromatic carbocycles. The van der Waals surface area contributed by atoms with Crippen molar-refractivity contribution in [2.24, 2.45) is 0 Å². The van der Waals surface area contributed by atoms with Gasteiger partial charge in [0.2, 0.25) is 0 Å². The van der Waals surface area contributed by atoms with Gasteiger partial charge in [-0.1, -0.05) is 0 Å². The Morgan fingerprint density at radius 3 is 1.64 bits per heavy atom. The van der Waals surface area contributed by atoms with E-state index in [1.165, 1.54) is 28.6 Å². The predicted molar refractivity (Wildman–Crippen MR) is 93.5 cm³/mol. The van der Waals surface area contributed by atoms with Crippen LogP contribution in [0.1, 0.15) is 0 Å². The van der Waals surface area contributed by atoms with Crippen molar-refractivity contribution in [2.75, 3.05) is 0 Å². The van der Waals surface area contributed by atoms with Gasteiger partial charge in [0.05, 0.1) is 0 Å². The van der Waals surface area contributed by atoms with Crippen molar-refractivity contribution in [1.29, 1.82) is 0 Å². The molecule has 0 amide bonds. The van der Waals surface area contributed by atoms with Crippen LogP contribution in [0.4, 0.5) is 0 Å². The Balaban J connectivity index is 1.80. The minimum atomic E-state index is 0.304. The summed E-state index contributed by atoms with van der Waals surface area (Å²) in [6, 6.07) is 17.0. The molecule has 0 N–H and O–H groups in total. The summed E-state index contributed by atoms with van der Waals surface area (Å²) in [6.45, 7) is 0. The molecule has 0 fully saturated rings. The fraction of sp³-hybridized carbons (Fsp3) is 0. The van der Waals surface area contributed by atoms with Crippen LogP contribution in [-0.4, -0.2) is 39.9 Å². The average Bonchev–Trinajstić information content (AvgIpc) is 2.60. The second-order valence-corrected chi connectivity index (χ2v) is 9.56. The van der Waals surface area contributed by atoms with Crippen LogP contribution in [0.3, 0.4) is 0 Å². The minimum absolute atomic E-state index is 0.304. The third kappa shape index (κ3) is 1.86. The van der Waals surface area contributed by atoms with Crippen LogP contribution < -0.4 is 17.8 Å². The van der Waals surface area contributed by atoms with Gasteiger partial charge in [-0.15, -0.1) is 0 Å². The quantitative estimate of drug-likeness (QED) is 0.345. The van der Waals surface area contributed by atoms with Crippen LogP contribution in [0.2, 0.25) is 0 Å². The van der Waals surface area contributed by atoms with E-state index in [2.05, 4.69) is 70.9 Å². The van der Waals surface area contributed by atoms with Gasteiger partial charge in [0.15, 0.2) is 0 Å². The number of hydrogen-bond acceptors (Lipinski definition) is 2. The van der Waals surface area contributed by atoms with Gasteiger partial charge in [-0.25, -0.2) is 0 Å². The van der Waals surface area contributed by atoms with Crippen LogP contribution in [0.25, 0.3) is 21.8 Å². The summed E-state index contributed by atoms with van der Waals surface area (Å²) < 4.78 is 5.88. The molecule has 104 valence electrons. The summed E-state index contributed by atoms with van der Waals surface area (Å²) in [5, 5.41) is 2.65. The van der Waals surface area contributed by atoms with Gasteiger partial charge < -0.3 is 0 Å². The molecule has 0 radical (unpaired) electrons. The van der Waals surface area contributed by atoms with Crippen LogP contribution in [0.5, 0.6) is 0 Å². The molecule has 0 aliphatic carbocycles. The van der Waals surface area contributed by atoms with Crippen LogP contribution in [-0.2, 0) is 0 Å². The molecule has 0 spiro atoms. The number of fused-ring (bicyclic) bond motifs is 6. The number of nitrogens with zero attached hydrogens (tertiary/aromatic N) is 2. The van der Waals surface area contributed by atoms with Crippen molar-refractivity contribution in [3.05, 3.63) is 60.9 Å². The molecular weight excluding hydrogens is 402 g/mol. The Morgan fingerprint density at radius 2 is 1.09 bits per heavy atom. The number of hydrogen-bond donors (Lipinski definition) is 0. The number of para-hydroxylation sites is 2. The molecule has 0 atom stereocenters. The van der Waals surface area contributed by atoms with Gasteiger partial charge in [-0.2, -0.15) is 0 Å². The Hall–Kier alpha value is -1.70. The van der Waals surface area contributed by atoms with E-state index in [-0.39, 0.29) is 0 Å². The van der Waals surface area contributed by atoms with E-state index >= 15 is 0 Å². The first kappa shape index (κ1) is 12.8. The van der Waals surface area contributed by atoms with E-state index < -0.39 is 0 Å². The number of benzene rings is 2. The van der Waals surface area contributed by atoms with Gasteiger partial charge in [0.1, 0.15) is 0 Å². The summed E-state index contributed by atoms with van der Waals surface area (Å²) in [7, 11) is 0. The molecule has 2 nitrogen and oxygen atoms in total.